The van der Waals surface area contributed by atoms with Crippen molar-refractivity contribution in [2.24, 2.45) is 0 Å². The summed E-state index contributed by atoms with van der Waals surface area (Å²) >= 11 is 0. The number of carbonyl (C=O) groups is 2. The Morgan fingerprint density at radius 1 is 0.647 bits per heavy atom. The van der Waals surface area contributed by atoms with E-state index in [0.29, 0.717) is 30.8 Å². The molecule has 0 saturated heterocycles. The molecule has 0 aliphatic heterocycles. The van der Waals surface area contributed by atoms with Crippen LogP contribution in [0.2, 0.25) is 0 Å². The molecule has 4 heteroatoms. The molecule has 0 aliphatic carbocycles. The van der Waals surface area contributed by atoms with Gasteiger partial charge in [-0.2, -0.15) is 0 Å². The van der Waals surface area contributed by atoms with Gasteiger partial charge in [0.05, 0.1) is 24.3 Å². The van der Waals surface area contributed by atoms with Gasteiger partial charge in [-0.25, -0.2) is 9.59 Å². The van der Waals surface area contributed by atoms with Crippen LogP contribution in [0.15, 0.2) is 36.4 Å². The first-order chi connectivity index (χ1) is 16.7. The minimum absolute atomic E-state index is 0.336. The van der Waals surface area contributed by atoms with Crippen molar-refractivity contribution in [3.63, 3.8) is 0 Å². The molecule has 0 bridgehead atoms. The second kappa shape index (κ2) is 21.4. The molecule has 1 rings (SSSR count). The van der Waals surface area contributed by atoms with Crippen LogP contribution in [0.3, 0.4) is 0 Å². The molecular weight excluding hydrogens is 424 g/mol. The molecule has 0 unspecified atom stereocenters. The highest BCUT2D eigenvalue weighted by Crippen LogP contribution is 2.13. The number of benzene rings is 1. The van der Waals surface area contributed by atoms with E-state index < -0.39 is 5.97 Å². The lowest BCUT2D eigenvalue weighted by atomic mass is 10.0. The molecule has 1 aromatic rings. The number of rotatable bonds is 21. The predicted molar refractivity (Wildman–Crippen MR) is 141 cm³/mol. The molecule has 1 aromatic carbocycles. The summed E-state index contributed by atoms with van der Waals surface area (Å²) in [5.41, 5.74) is 0.774. The number of carbonyl (C=O) groups excluding carboxylic acids is 2. The van der Waals surface area contributed by atoms with Crippen LogP contribution >= 0.6 is 0 Å². The Hall–Kier alpha value is -2.10. The van der Waals surface area contributed by atoms with Crippen molar-refractivity contribution in [3.8, 4) is 0 Å². The van der Waals surface area contributed by atoms with Gasteiger partial charge >= 0.3 is 11.9 Å². The topological polar surface area (TPSA) is 52.6 Å². The van der Waals surface area contributed by atoms with Gasteiger partial charge in [0.25, 0.3) is 0 Å². The SMILES string of the molecule is CC/C=C\CCOC(=O)c1cccc(C(=O)OCCCCCCCCCCCCCCCC)c1. The number of esters is 2. The second-order valence-electron chi connectivity index (χ2n) is 9.12. The van der Waals surface area contributed by atoms with Crippen LogP contribution in [-0.4, -0.2) is 25.2 Å². The summed E-state index contributed by atoms with van der Waals surface area (Å²) in [6.45, 7) is 5.09. The molecule has 0 radical (unpaired) electrons. The molecule has 0 saturated carbocycles. The van der Waals surface area contributed by atoms with Crippen LogP contribution in [0.25, 0.3) is 0 Å². The smallest absolute Gasteiger partial charge is 0.338 e. The molecule has 0 aromatic heterocycles. The van der Waals surface area contributed by atoms with Crippen LogP contribution in [0, 0.1) is 0 Å². The van der Waals surface area contributed by atoms with E-state index in [4.69, 9.17) is 9.47 Å². The average Bonchev–Trinajstić information content (AvgIpc) is 2.86. The highest BCUT2D eigenvalue weighted by atomic mass is 16.5. The molecule has 0 fully saturated rings. The van der Waals surface area contributed by atoms with Gasteiger partial charge in [-0.3, -0.25) is 0 Å². The van der Waals surface area contributed by atoms with Gasteiger partial charge in [0.15, 0.2) is 0 Å². The normalized spacial score (nSPS) is 11.1. The maximum atomic E-state index is 12.3. The van der Waals surface area contributed by atoms with Crippen LogP contribution < -0.4 is 0 Å². The van der Waals surface area contributed by atoms with Gasteiger partial charge in [0, 0.05) is 0 Å². The summed E-state index contributed by atoms with van der Waals surface area (Å²) in [6.07, 6.45) is 23.9. The van der Waals surface area contributed by atoms with Crippen molar-refractivity contribution in [2.75, 3.05) is 13.2 Å². The van der Waals surface area contributed by atoms with Crippen molar-refractivity contribution in [1.29, 1.82) is 0 Å². The fourth-order valence-electron chi connectivity index (χ4n) is 3.91. The standard InChI is InChI=1S/C30H48O4/c1-3-5-7-9-10-11-12-13-14-15-16-17-18-20-25-34-30(32)28-23-21-22-27(26-28)29(31)33-24-19-8-6-4-2/h6,8,21-23,26H,3-5,7,9-20,24-25H2,1-2H3/b8-6-. The van der Waals surface area contributed by atoms with E-state index in [1.54, 1.807) is 24.3 Å². The molecule has 0 atom stereocenters. The molecule has 0 amide bonds. The summed E-state index contributed by atoms with van der Waals surface area (Å²) in [6, 6.07) is 6.58. The van der Waals surface area contributed by atoms with Gasteiger partial charge in [0.2, 0.25) is 0 Å². The monoisotopic (exact) mass is 472 g/mol. The fourth-order valence-corrected chi connectivity index (χ4v) is 3.91. The first-order valence-corrected chi connectivity index (χ1v) is 13.8. The van der Waals surface area contributed by atoms with E-state index >= 15 is 0 Å². The van der Waals surface area contributed by atoms with E-state index in [0.717, 1.165) is 19.3 Å². The maximum absolute atomic E-state index is 12.3. The van der Waals surface area contributed by atoms with Gasteiger partial charge in [-0.15, -0.1) is 0 Å². The van der Waals surface area contributed by atoms with Crippen molar-refractivity contribution >= 4 is 11.9 Å². The van der Waals surface area contributed by atoms with Crippen LogP contribution in [0.5, 0.6) is 0 Å². The van der Waals surface area contributed by atoms with Crippen molar-refractivity contribution in [1.82, 2.24) is 0 Å². The lowest BCUT2D eigenvalue weighted by molar-refractivity contribution is 0.0497. The van der Waals surface area contributed by atoms with Crippen LogP contribution in [0.1, 0.15) is 137 Å². The molecule has 192 valence electrons. The third kappa shape index (κ3) is 15.7. The van der Waals surface area contributed by atoms with Gasteiger partial charge in [-0.1, -0.05) is 116 Å². The lowest BCUT2D eigenvalue weighted by Crippen LogP contribution is -2.10. The Morgan fingerprint density at radius 3 is 1.62 bits per heavy atom. The zero-order valence-electron chi connectivity index (χ0n) is 21.8. The van der Waals surface area contributed by atoms with Gasteiger partial charge < -0.3 is 9.47 Å². The Bertz CT molecular complexity index is 680. The van der Waals surface area contributed by atoms with E-state index in [-0.39, 0.29) is 5.97 Å². The number of ether oxygens (including phenoxy) is 2. The molecule has 34 heavy (non-hydrogen) atoms. The minimum atomic E-state index is -0.411. The zero-order chi connectivity index (χ0) is 24.7. The van der Waals surface area contributed by atoms with Crippen LogP contribution in [0.4, 0.5) is 0 Å². The summed E-state index contributed by atoms with van der Waals surface area (Å²) in [5.74, 6) is -0.790. The first-order valence-electron chi connectivity index (χ1n) is 13.8. The number of hydrogen-bond acceptors (Lipinski definition) is 4. The second-order valence-corrected chi connectivity index (χ2v) is 9.12. The Kier molecular flexibility index (Phi) is 18.9. The van der Waals surface area contributed by atoms with E-state index in [1.165, 1.54) is 77.0 Å². The highest BCUT2D eigenvalue weighted by Gasteiger charge is 2.12. The molecule has 4 nitrogen and oxygen atoms in total. The predicted octanol–water partition coefficient (Wildman–Crippen LogP) is 8.84. The molecule has 0 aliphatic rings. The van der Waals surface area contributed by atoms with Crippen molar-refractivity contribution in [3.05, 3.63) is 47.5 Å². The van der Waals surface area contributed by atoms with E-state index in [1.807, 2.05) is 12.2 Å². The summed E-state index contributed by atoms with van der Waals surface area (Å²) in [7, 11) is 0. The molecule has 0 N–H and O–H groups in total. The zero-order valence-corrected chi connectivity index (χ0v) is 21.8. The molecular formula is C30H48O4. The third-order valence-electron chi connectivity index (χ3n) is 5.99. The minimum Gasteiger partial charge on any atom is -0.462 e. The molecule has 0 spiro atoms. The Balaban J connectivity index is 2.06. The Labute approximate surface area is 208 Å². The third-order valence-corrected chi connectivity index (χ3v) is 5.99. The number of unbranched alkanes of at least 4 members (excludes halogenated alkanes) is 13. The fraction of sp³-hybridized carbons (Fsp3) is 0.667. The van der Waals surface area contributed by atoms with E-state index in [9.17, 15) is 9.59 Å². The molecule has 0 heterocycles. The average molecular weight is 473 g/mol. The van der Waals surface area contributed by atoms with E-state index in [2.05, 4.69) is 13.8 Å². The lowest BCUT2D eigenvalue weighted by Gasteiger charge is -2.07. The quantitative estimate of drug-likeness (QED) is 0.102. The Morgan fingerprint density at radius 2 is 1.12 bits per heavy atom. The van der Waals surface area contributed by atoms with Gasteiger partial charge in [0.1, 0.15) is 0 Å². The largest absolute Gasteiger partial charge is 0.462 e. The number of hydrogen-bond donors (Lipinski definition) is 0. The summed E-state index contributed by atoms with van der Waals surface area (Å²) < 4.78 is 10.7. The van der Waals surface area contributed by atoms with Gasteiger partial charge in [-0.05, 0) is 37.5 Å². The van der Waals surface area contributed by atoms with Crippen molar-refractivity contribution < 1.29 is 19.1 Å². The van der Waals surface area contributed by atoms with Crippen LogP contribution in [-0.2, 0) is 9.47 Å². The highest BCUT2D eigenvalue weighted by molar-refractivity contribution is 5.95. The first kappa shape index (κ1) is 29.9. The van der Waals surface area contributed by atoms with Crippen molar-refractivity contribution in [2.45, 2.75) is 117 Å². The maximum Gasteiger partial charge on any atom is 0.338 e. The summed E-state index contributed by atoms with van der Waals surface area (Å²) in [5, 5.41) is 0. The summed E-state index contributed by atoms with van der Waals surface area (Å²) in [4.78, 5) is 24.5. The number of allylic oxidation sites excluding steroid dienone is 1.